The van der Waals surface area contributed by atoms with E-state index in [-0.39, 0.29) is 5.91 Å². The van der Waals surface area contributed by atoms with Gasteiger partial charge in [-0.1, -0.05) is 0 Å². The second-order valence-corrected chi connectivity index (χ2v) is 3.45. The third-order valence-electron chi connectivity index (χ3n) is 2.50. The number of hydrogen-bond acceptors (Lipinski definition) is 3. The zero-order chi connectivity index (χ0) is 9.68. The first kappa shape index (κ1) is 10.5. The lowest BCUT2D eigenvalue weighted by Gasteiger charge is -2.34. The first-order valence-electron chi connectivity index (χ1n) is 4.86. The van der Waals surface area contributed by atoms with Gasteiger partial charge in [-0.2, -0.15) is 0 Å². The second-order valence-electron chi connectivity index (χ2n) is 3.45. The van der Waals surface area contributed by atoms with E-state index < -0.39 is 0 Å². The summed E-state index contributed by atoms with van der Waals surface area (Å²) in [6.45, 7) is 7.56. The molecule has 0 aromatic heterocycles. The monoisotopic (exact) mass is 185 g/mol. The van der Waals surface area contributed by atoms with Crippen molar-refractivity contribution < 1.29 is 4.79 Å². The Balaban J connectivity index is 2.18. The maximum Gasteiger partial charge on any atom is 0.219 e. The van der Waals surface area contributed by atoms with Gasteiger partial charge in [0.2, 0.25) is 5.91 Å². The van der Waals surface area contributed by atoms with Gasteiger partial charge in [0.25, 0.3) is 0 Å². The molecule has 0 atom stereocenters. The van der Waals surface area contributed by atoms with E-state index >= 15 is 0 Å². The van der Waals surface area contributed by atoms with Gasteiger partial charge in [-0.15, -0.1) is 0 Å². The first-order valence-corrected chi connectivity index (χ1v) is 4.86. The lowest BCUT2D eigenvalue weighted by Crippen LogP contribution is -2.49. The minimum Gasteiger partial charge on any atom is -0.340 e. The summed E-state index contributed by atoms with van der Waals surface area (Å²) in [6, 6.07) is 0. The summed E-state index contributed by atoms with van der Waals surface area (Å²) in [5.74, 6) is 0.202. The highest BCUT2D eigenvalue weighted by Gasteiger charge is 2.17. The molecule has 0 radical (unpaired) electrons. The molecule has 1 heterocycles. The van der Waals surface area contributed by atoms with Crippen molar-refractivity contribution in [1.82, 2.24) is 15.1 Å². The quantitative estimate of drug-likeness (QED) is 0.636. The molecule has 4 heteroatoms. The van der Waals surface area contributed by atoms with Crippen molar-refractivity contribution in [2.75, 3.05) is 46.3 Å². The standard InChI is InChI=1S/C9H19N3O/c1-9(13)12-7-5-11(6-8-12)4-3-10-2/h10H,3-8H2,1-2H3. The fourth-order valence-electron chi connectivity index (χ4n) is 1.56. The van der Waals surface area contributed by atoms with Crippen LogP contribution < -0.4 is 5.32 Å². The van der Waals surface area contributed by atoms with Gasteiger partial charge < -0.3 is 10.2 Å². The Morgan fingerprint density at radius 2 is 1.92 bits per heavy atom. The molecule has 1 saturated heterocycles. The van der Waals surface area contributed by atoms with Crippen LogP contribution in [0.15, 0.2) is 0 Å². The third kappa shape index (κ3) is 3.32. The van der Waals surface area contributed by atoms with Crippen LogP contribution in [0.3, 0.4) is 0 Å². The van der Waals surface area contributed by atoms with E-state index in [0.717, 1.165) is 39.3 Å². The molecule has 1 rings (SSSR count). The average molecular weight is 185 g/mol. The highest BCUT2D eigenvalue weighted by molar-refractivity contribution is 5.73. The summed E-state index contributed by atoms with van der Waals surface area (Å²) in [5, 5.41) is 3.13. The van der Waals surface area contributed by atoms with Crippen molar-refractivity contribution in [2.45, 2.75) is 6.92 Å². The summed E-state index contributed by atoms with van der Waals surface area (Å²) >= 11 is 0. The van der Waals surface area contributed by atoms with Crippen LogP contribution >= 0.6 is 0 Å². The lowest BCUT2D eigenvalue weighted by molar-refractivity contribution is -0.130. The highest BCUT2D eigenvalue weighted by atomic mass is 16.2. The molecule has 76 valence electrons. The number of carbonyl (C=O) groups excluding carboxylic acids is 1. The Hall–Kier alpha value is -0.610. The van der Waals surface area contributed by atoms with Crippen molar-refractivity contribution in [2.24, 2.45) is 0 Å². The van der Waals surface area contributed by atoms with E-state index in [1.807, 2.05) is 11.9 Å². The largest absolute Gasteiger partial charge is 0.340 e. The molecule has 1 aliphatic rings. The van der Waals surface area contributed by atoms with Crippen LogP contribution in [0.1, 0.15) is 6.92 Å². The van der Waals surface area contributed by atoms with Gasteiger partial charge >= 0.3 is 0 Å². The zero-order valence-corrected chi connectivity index (χ0v) is 8.55. The minimum atomic E-state index is 0.202. The van der Waals surface area contributed by atoms with Gasteiger partial charge in [-0.3, -0.25) is 9.69 Å². The second kappa shape index (κ2) is 5.19. The fourth-order valence-corrected chi connectivity index (χ4v) is 1.56. The van der Waals surface area contributed by atoms with Crippen LogP contribution in [-0.2, 0) is 4.79 Å². The Morgan fingerprint density at radius 3 is 2.38 bits per heavy atom. The molecule has 0 saturated carbocycles. The predicted molar refractivity (Wildman–Crippen MR) is 52.6 cm³/mol. The van der Waals surface area contributed by atoms with Crippen LogP contribution in [0, 0.1) is 0 Å². The van der Waals surface area contributed by atoms with Crippen LogP contribution in [0.5, 0.6) is 0 Å². The predicted octanol–water partition coefficient (Wildman–Crippen LogP) is -0.630. The number of nitrogens with one attached hydrogen (secondary N) is 1. The number of carbonyl (C=O) groups is 1. The Kier molecular flexibility index (Phi) is 4.18. The molecule has 0 aromatic carbocycles. The van der Waals surface area contributed by atoms with Crippen molar-refractivity contribution in [3.8, 4) is 0 Å². The minimum absolute atomic E-state index is 0.202. The molecule has 0 unspecified atom stereocenters. The van der Waals surface area contributed by atoms with Crippen molar-refractivity contribution in [3.05, 3.63) is 0 Å². The van der Waals surface area contributed by atoms with E-state index in [0.29, 0.717) is 0 Å². The summed E-state index contributed by atoms with van der Waals surface area (Å²) in [6.07, 6.45) is 0. The van der Waals surface area contributed by atoms with Crippen molar-refractivity contribution in [1.29, 1.82) is 0 Å². The van der Waals surface area contributed by atoms with Crippen LogP contribution in [0.4, 0.5) is 0 Å². The molecular weight excluding hydrogens is 166 g/mol. The third-order valence-corrected chi connectivity index (χ3v) is 2.50. The molecule has 0 aliphatic carbocycles. The molecule has 0 aromatic rings. The average Bonchev–Trinajstić information content (AvgIpc) is 2.15. The summed E-state index contributed by atoms with van der Waals surface area (Å²) in [5.41, 5.74) is 0. The van der Waals surface area contributed by atoms with Gasteiger partial charge in [0.05, 0.1) is 0 Å². The Labute approximate surface area is 79.9 Å². The lowest BCUT2D eigenvalue weighted by atomic mass is 10.3. The molecule has 0 bridgehead atoms. The number of piperazine rings is 1. The molecule has 1 N–H and O–H groups in total. The molecule has 1 amide bonds. The number of likely N-dealkylation sites (N-methyl/N-ethyl adjacent to an activating group) is 1. The normalized spacial score (nSPS) is 19.1. The van der Waals surface area contributed by atoms with Crippen LogP contribution in [0.25, 0.3) is 0 Å². The van der Waals surface area contributed by atoms with Gasteiger partial charge in [-0.25, -0.2) is 0 Å². The van der Waals surface area contributed by atoms with Crippen LogP contribution in [-0.4, -0.2) is 62.0 Å². The molecular formula is C9H19N3O. The molecule has 1 fully saturated rings. The summed E-state index contributed by atoms with van der Waals surface area (Å²) in [7, 11) is 1.96. The first-order chi connectivity index (χ1) is 6.24. The van der Waals surface area contributed by atoms with Crippen LogP contribution in [0.2, 0.25) is 0 Å². The fraction of sp³-hybridized carbons (Fsp3) is 0.889. The maximum atomic E-state index is 11.0. The summed E-state index contributed by atoms with van der Waals surface area (Å²) < 4.78 is 0. The zero-order valence-electron chi connectivity index (χ0n) is 8.55. The maximum absolute atomic E-state index is 11.0. The topological polar surface area (TPSA) is 35.6 Å². The number of amides is 1. The Bertz CT molecular complexity index is 164. The molecule has 0 spiro atoms. The number of rotatable bonds is 3. The van der Waals surface area contributed by atoms with E-state index in [1.54, 1.807) is 6.92 Å². The summed E-state index contributed by atoms with van der Waals surface area (Å²) in [4.78, 5) is 15.3. The molecule has 13 heavy (non-hydrogen) atoms. The van der Waals surface area contributed by atoms with Gasteiger partial charge in [0.1, 0.15) is 0 Å². The smallest absolute Gasteiger partial charge is 0.219 e. The number of hydrogen-bond donors (Lipinski definition) is 1. The van der Waals surface area contributed by atoms with E-state index in [4.69, 9.17) is 0 Å². The van der Waals surface area contributed by atoms with E-state index in [1.165, 1.54) is 0 Å². The van der Waals surface area contributed by atoms with Gasteiger partial charge in [0.15, 0.2) is 0 Å². The SMILES string of the molecule is CNCCN1CCN(C(C)=O)CC1. The molecule has 1 aliphatic heterocycles. The molecule has 4 nitrogen and oxygen atoms in total. The van der Waals surface area contributed by atoms with Crippen molar-refractivity contribution >= 4 is 5.91 Å². The van der Waals surface area contributed by atoms with E-state index in [2.05, 4.69) is 10.2 Å². The highest BCUT2D eigenvalue weighted by Crippen LogP contribution is 2.00. The van der Waals surface area contributed by atoms with Gasteiger partial charge in [-0.05, 0) is 7.05 Å². The van der Waals surface area contributed by atoms with Gasteiger partial charge in [0, 0.05) is 46.2 Å². The van der Waals surface area contributed by atoms with E-state index in [9.17, 15) is 4.79 Å². The van der Waals surface area contributed by atoms with Crippen molar-refractivity contribution in [3.63, 3.8) is 0 Å². The number of nitrogens with zero attached hydrogens (tertiary/aromatic N) is 2. The Morgan fingerprint density at radius 1 is 1.31 bits per heavy atom.